The van der Waals surface area contributed by atoms with Gasteiger partial charge in [0.25, 0.3) is 5.91 Å². The van der Waals surface area contributed by atoms with E-state index in [2.05, 4.69) is 26.1 Å². The standard InChI is InChI=1S/C25H25N5O5/c1-4-35-24(32)18-14(2)26-21-20(19(18)15-9-6-5-7-10-15)22(28-25(33)27-21)29-30-23(31)16-11-8-12-17(13-16)34-3/h5-13,19H,4H2,1-3H3,(H,30,31)(H3,26,27,28,29,33)/t19-/m1/s1. The van der Waals surface area contributed by atoms with Gasteiger partial charge in [-0.2, -0.15) is 4.98 Å². The van der Waals surface area contributed by atoms with E-state index in [-0.39, 0.29) is 18.2 Å². The third-order valence-corrected chi connectivity index (χ3v) is 5.52. The summed E-state index contributed by atoms with van der Waals surface area (Å²) in [6.45, 7) is 3.66. The molecule has 1 aromatic heterocycles. The predicted molar refractivity (Wildman–Crippen MR) is 130 cm³/mol. The number of fused-ring (bicyclic) bond motifs is 1. The molecular weight excluding hydrogens is 450 g/mol. The summed E-state index contributed by atoms with van der Waals surface area (Å²) < 4.78 is 10.5. The molecule has 4 N–H and O–H groups in total. The largest absolute Gasteiger partial charge is 0.497 e. The second kappa shape index (κ2) is 10.1. The molecule has 0 unspecified atom stereocenters. The van der Waals surface area contributed by atoms with Crippen molar-refractivity contribution in [2.75, 3.05) is 24.5 Å². The Morgan fingerprint density at radius 2 is 1.89 bits per heavy atom. The van der Waals surface area contributed by atoms with Crippen molar-refractivity contribution in [3.05, 3.63) is 93.0 Å². The Morgan fingerprint density at radius 1 is 1.11 bits per heavy atom. The number of esters is 1. The minimum absolute atomic E-state index is 0.187. The second-order valence-electron chi connectivity index (χ2n) is 7.72. The molecule has 0 spiro atoms. The van der Waals surface area contributed by atoms with Crippen LogP contribution in [-0.4, -0.2) is 35.6 Å². The summed E-state index contributed by atoms with van der Waals surface area (Å²) in [6, 6.07) is 15.9. The molecule has 1 aliphatic heterocycles. The van der Waals surface area contributed by atoms with Crippen LogP contribution < -0.4 is 26.6 Å². The number of amides is 1. The van der Waals surface area contributed by atoms with Gasteiger partial charge in [-0.15, -0.1) is 0 Å². The maximum absolute atomic E-state index is 13.0. The molecular formula is C25H25N5O5. The van der Waals surface area contributed by atoms with E-state index in [1.807, 2.05) is 30.3 Å². The Labute approximate surface area is 201 Å². The van der Waals surface area contributed by atoms with Crippen LogP contribution in [0.25, 0.3) is 0 Å². The molecule has 0 aliphatic carbocycles. The zero-order valence-corrected chi connectivity index (χ0v) is 19.5. The van der Waals surface area contributed by atoms with E-state index in [9.17, 15) is 14.4 Å². The number of rotatable bonds is 7. The summed E-state index contributed by atoms with van der Waals surface area (Å²) in [6.07, 6.45) is 0. The van der Waals surface area contributed by atoms with Crippen LogP contribution in [-0.2, 0) is 9.53 Å². The van der Waals surface area contributed by atoms with Crippen LogP contribution in [0.15, 0.2) is 70.7 Å². The Kier molecular flexibility index (Phi) is 6.81. The van der Waals surface area contributed by atoms with Gasteiger partial charge in [-0.25, -0.2) is 9.59 Å². The number of hydrogen-bond acceptors (Lipinski definition) is 8. The molecule has 35 heavy (non-hydrogen) atoms. The van der Waals surface area contributed by atoms with Gasteiger partial charge in [-0.1, -0.05) is 36.4 Å². The van der Waals surface area contributed by atoms with Crippen molar-refractivity contribution in [3.63, 3.8) is 0 Å². The van der Waals surface area contributed by atoms with E-state index >= 15 is 0 Å². The first-order valence-corrected chi connectivity index (χ1v) is 11.0. The average molecular weight is 476 g/mol. The number of anilines is 2. The highest BCUT2D eigenvalue weighted by molar-refractivity contribution is 5.96. The molecule has 180 valence electrons. The molecule has 1 amide bonds. The fraction of sp³-hybridized carbons (Fsp3) is 0.200. The summed E-state index contributed by atoms with van der Waals surface area (Å²) in [5.41, 5.74) is 7.28. The summed E-state index contributed by atoms with van der Waals surface area (Å²) >= 11 is 0. The molecule has 0 saturated carbocycles. The number of nitrogens with zero attached hydrogens (tertiary/aromatic N) is 1. The highest BCUT2D eigenvalue weighted by Gasteiger charge is 2.36. The number of nitrogens with one attached hydrogen (secondary N) is 4. The quantitative estimate of drug-likeness (QED) is 0.303. The molecule has 2 heterocycles. The van der Waals surface area contributed by atoms with Gasteiger partial charge in [0.2, 0.25) is 0 Å². The highest BCUT2D eigenvalue weighted by atomic mass is 16.5. The van der Waals surface area contributed by atoms with Crippen molar-refractivity contribution in [1.29, 1.82) is 0 Å². The van der Waals surface area contributed by atoms with Gasteiger partial charge in [0.05, 0.1) is 25.2 Å². The number of ether oxygens (including phenoxy) is 2. The molecule has 10 heteroatoms. The molecule has 4 rings (SSSR count). The van der Waals surface area contributed by atoms with Gasteiger partial charge in [-0.05, 0) is 37.6 Å². The van der Waals surface area contributed by atoms with E-state index in [0.29, 0.717) is 28.1 Å². The molecule has 1 aliphatic rings. The van der Waals surface area contributed by atoms with Crippen LogP contribution in [0.5, 0.6) is 5.75 Å². The summed E-state index contributed by atoms with van der Waals surface area (Å²) in [4.78, 5) is 44.8. The van der Waals surface area contributed by atoms with Crippen LogP contribution in [0.1, 0.15) is 41.3 Å². The van der Waals surface area contributed by atoms with Gasteiger partial charge >= 0.3 is 11.7 Å². The maximum atomic E-state index is 13.0. The van der Waals surface area contributed by atoms with Crippen molar-refractivity contribution in [1.82, 2.24) is 15.4 Å². The number of aromatic nitrogens is 2. The van der Waals surface area contributed by atoms with Crippen molar-refractivity contribution in [2.24, 2.45) is 0 Å². The lowest BCUT2D eigenvalue weighted by molar-refractivity contribution is -0.138. The number of carbonyl (C=O) groups is 2. The van der Waals surface area contributed by atoms with Crippen molar-refractivity contribution in [2.45, 2.75) is 19.8 Å². The third-order valence-electron chi connectivity index (χ3n) is 5.52. The van der Waals surface area contributed by atoms with Gasteiger partial charge in [0.1, 0.15) is 17.4 Å². The third kappa shape index (κ3) is 4.86. The summed E-state index contributed by atoms with van der Waals surface area (Å²) in [5.74, 6) is -0.576. The Morgan fingerprint density at radius 3 is 2.60 bits per heavy atom. The van der Waals surface area contributed by atoms with Crippen LogP contribution >= 0.6 is 0 Å². The SMILES string of the molecule is CCOC(=O)C1=C(C)Nc2nc(=O)[nH]c(NNC(=O)c3cccc(OC)c3)c2[C@@H]1c1ccccc1. The highest BCUT2D eigenvalue weighted by Crippen LogP contribution is 2.43. The smallest absolute Gasteiger partial charge is 0.348 e. The first-order chi connectivity index (χ1) is 16.9. The van der Waals surface area contributed by atoms with E-state index in [4.69, 9.17) is 9.47 Å². The molecule has 0 fully saturated rings. The molecule has 0 radical (unpaired) electrons. The van der Waals surface area contributed by atoms with Crippen molar-refractivity contribution < 1.29 is 19.1 Å². The predicted octanol–water partition coefficient (Wildman–Crippen LogP) is 2.93. The molecule has 10 nitrogen and oxygen atoms in total. The second-order valence-corrected chi connectivity index (χ2v) is 7.72. The number of hydrogen-bond donors (Lipinski definition) is 4. The zero-order chi connectivity index (χ0) is 24.9. The van der Waals surface area contributed by atoms with Gasteiger partial charge in [0, 0.05) is 16.8 Å². The van der Waals surface area contributed by atoms with Crippen molar-refractivity contribution >= 4 is 23.5 Å². The first kappa shape index (κ1) is 23.6. The normalized spacial score (nSPS) is 14.4. The number of methoxy groups -OCH3 is 1. The summed E-state index contributed by atoms with van der Waals surface area (Å²) in [7, 11) is 1.51. The van der Waals surface area contributed by atoms with Gasteiger partial charge in [-0.3, -0.25) is 20.6 Å². The monoisotopic (exact) mass is 475 g/mol. The fourth-order valence-electron chi connectivity index (χ4n) is 3.98. The zero-order valence-electron chi connectivity index (χ0n) is 19.5. The van der Waals surface area contributed by atoms with E-state index < -0.39 is 23.5 Å². The number of benzene rings is 2. The van der Waals surface area contributed by atoms with E-state index in [1.165, 1.54) is 7.11 Å². The lowest BCUT2D eigenvalue weighted by atomic mass is 9.82. The number of carbonyl (C=O) groups excluding carboxylic acids is 2. The van der Waals surface area contributed by atoms with Crippen molar-refractivity contribution in [3.8, 4) is 5.75 Å². The minimum Gasteiger partial charge on any atom is -0.497 e. The molecule has 1 atom stereocenters. The number of aromatic amines is 1. The van der Waals surface area contributed by atoms with E-state index in [0.717, 1.165) is 5.56 Å². The van der Waals surface area contributed by atoms with Gasteiger partial charge in [0.15, 0.2) is 0 Å². The maximum Gasteiger partial charge on any atom is 0.348 e. The Hall–Kier alpha value is -4.60. The average Bonchev–Trinajstić information content (AvgIpc) is 2.86. The number of hydrazine groups is 1. The minimum atomic E-state index is -0.631. The lowest BCUT2D eigenvalue weighted by Crippen LogP contribution is -2.34. The molecule has 2 aromatic carbocycles. The molecule has 3 aromatic rings. The van der Waals surface area contributed by atoms with Crippen LogP contribution in [0.3, 0.4) is 0 Å². The van der Waals surface area contributed by atoms with Crippen LogP contribution in [0, 0.1) is 0 Å². The number of H-pyrrole nitrogens is 1. The molecule has 0 bridgehead atoms. The Balaban J connectivity index is 1.76. The topological polar surface area (TPSA) is 134 Å². The van der Waals surface area contributed by atoms with E-state index in [1.54, 1.807) is 38.1 Å². The fourth-order valence-corrected chi connectivity index (χ4v) is 3.98. The van der Waals surface area contributed by atoms with Gasteiger partial charge < -0.3 is 14.8 Å². The number of allylic oxidation sites excluding steroid dienone is 1. The Bertz CT molecular complexity index is 1350. The summed E-state index contributed by atoms with van der Waals surface area (Å²) in [5, 5.41) is 3.04. The van der Waals surface area contributed by atoms with Crippen LogP contribution in [0.4, 0.5) is 11.6 Å². The van der Waals surface area contributed by atoms with Crippen LogP contribution in [0.2, 0.25) is 0 Å². The molecule has 0 saturated heterocycles. The first-order valence-electron chi connectivity index (χ1n) is 11.0. The lowest BCUT2D eigenvalue weighted by Gasteiger charge is -2.30.